The van der Waals surface area contributed by atoms with E-state index in [0.29, 0.717) is 34.1 Å². The number of ketones is 1. The molecule has 0 spiro atoms. The third-order valence-electron chi connectivity index (χ3n) is 5.81. The number of halogens is 1. The Balaban J connectivity index is 1.64. The van der Waals surface area contributed by atoms with Gasteiger partial charge in [0.2, 0.25) is 0 Å². The maximum absolute atomic E-state index is 13.1. The molecule has 36 heavy (non-hydrogen) atoms. The van der Waals surface area contributed by atoms with Gasteiger partial charge in [0.25, 0.3) is 0 Å². The van der Waals surface area contributed by atoms with Gasteiger partial charge in [0.15, 0.2) is 15.6 Å². The zero-order valence-corrected chi connectivity index (χ0v) is 21.9. The highest BCUT2D eigenvalue weighted by Gasteiger charge is 2.24. The summed E-state index contributed by atoms with van der Waals surface area (Å²) in [5.41, 5.74) is 8.65. The van der Waals surface area contributed by atoms with Gasteiger partial charge >= 0.3 is 0 Å². The lowest BCUT2D eigenvalue weighted by Crippen LogP contribution is -2.34. The second-order valence-corrected chi connectivity index (χ2v) is 12.3. The van der Waals surface area contributed by atoms with Gasteiger partial charge in [-0.25, -0.2) is 8.42 Å². The summed E-state index contributed by atoms with van der Waals surface area (Å²) in [6.45, 7) is 0.0266. The number of sulfone groups is 1. The molecule has 2 aromatic carbocycles. The van der Waals surface area contributed by atoms with Gasteiger partial charge in [0.05, 0.1) is 47.2 Å². The lowest BCUT2D eigenvalue weighted by molar-refractivity contribution is -0.121. The highest BCUT2D eigenvalue weighted by molar-refractivity contribution is 7.92. The number of methoxy groups -OCH3 is 1. The zero-order valence-electron chi connectivity index (χ0n) is 19.6. The Hall–Kier alpha value is -2.76. The molecule has 1 atom stereocenters. The molecule has 0 radical (unpaired) electrons. The molecule has 190 valence electrons. The molecule has 0 aliphatic rings. The van der Waals surface area contributed by atoms with Crippen molar-refractivity contribution in [1.82, 2.24) is 9.78 Å². The molecule has 2 aromatic heterocycles. The molecule has 0 aliphatic heterocycles. The number of aliphatic hydroxyl groups excluding tert-OH is 1. The van der Waals surface area contributed by atoms with Crippen molar-refractivity contribution in [3.8, 4) is 5.75 Å². The van der Waals surface area contributed by atoms with E-state index in [4.69, 9.17) is 27.2 Å². The summed E-state index contributed by atoms with van der Waals surface area (Å²) in [6.07, 6.45) is 0.739. The topological polar surface area (TPSA) is 125 Å². The largest absolute Gasteiger partial charge is 0.496 e. The summed E-state index contributed by atoms with van der Waals surface area (Å²) in [5.74, 6) is 0.0626. The monoisotopic (exact) mass is 547 g/mol. The van der Waals surface area contributed by atoms with Crippen molar-refractivity contribution in [2.75, 3.05) is 13.7 Å². The molecule has 3 N–H and O–H groups in total. The number of rotatable bonds is 11. The Labute approximate surface area is 218 Å². The molecule has 0 aliphatic carbocycles. The van der Waals surface area contributed by atoms with Gasteiger partial charge in [-0.05, 0) is 41.8 Å². The first-order valence-corrected chi connectivity index (χ1v) is 14.0. The number of nitrogens with zero attached hydrogens (tertiary/aromatic N) is 2. The lowest BCUT2D eigenvalue weighted by atomic mass is 10.0. The van der Waals surface area contributed by atoms with Crippen LogP contribution >= 0.6 is 22.9 Å². The standard InChI is InChI=1S/C25H26ClN3O5S2/c1-34-22-7-3-6-20-25(22)19(15-36(32,33)24-11-10-23(26)35-24)28-29(20)13-17-5-2-4-16(12-17)8-9-21(31)18(27)14-30/h2-7,10-12,18,30H,8-9,13-15,27H2,1H3/t18-/m0/s1. The number of aromatic nitrogens is 2. The number of aryl methyl sites for hydroxylation is 1. The SMILES string of the molecule is COc1cccc2c1c(CS(=O)(=O)c1ccc(Cl)s1)nn2Cc1cccc(CCC(=O)[C@@H](N)CO)c1. The van der Waals surface area contributed by atoms with Gasteiger partial charge in [-0.3, -0.25) is 9.48 Å². The van der Waals surface area contributed by atoms with Crippen molar-refractivity contribution in [1.29, 1.82) is 0 Å². The third kappa shape index (κ3) is 5.79. The predicted octanol–water partition coefficient (Wildman–Crippen LogP) is 3.60. The Morgan fingerprint density at radius 1 is 1.19 bits per heavy atom. The average Bonchev–Trinajstić information content (AvgIpc) is 3.46. The van der Waals surface area contributed by atoms with Gasteiger partial charge in [0.1, 0.15) is 15.7 Å². The zero-order chi connectivity index (χ0) is 25.9. The van der Waals surface area contributed by atoms with Crippen LogP contribution in [0.4, 0.5) is 0 Å². The maximum Gasteiger partial charge on any atom is 0.193 e. The lowest BCUT2D eigenvalue weighted by Gasteiger charge is -2.09. The molecule has 0 amide bonds. The van der Waals surface area contributed by atoms with E-state index < -0.39 is 15.9 Å². The smallest absolute Gasteiger partial charge is 0.193 e. The summed E-state index contributed by atoms with van der Waals surface area (Å²) in [5, 5.41) is 14.4. The van der Waals surface area contributed by atoms with E-state index in [1.165, 1.54) is 13.2 Å². The fraction of sp³-hybridized carbons (Fsp3) is 0.280. The summed E-state index contributed by atoms with van der Waals surface area (Å²) in [6, 6.07) is 15.5. The molecule has 0 saturated heterocycles. The molecular formula is C25H26ClN3O5S2. The van der Waals surface area contributed by atoms with Crippen LogP contribution in [0.1, 0.15) is 23.2 Å². The van der Waals surface area contributed by atoms with Crippen LogP contribution in [0.3, 0.4) is 0 Å². The van der Waals surface area contributed by atoms with Gasteiger partial charge in [-0.2, -0.15) is 5.10 Å². The van der Waals surface area contributed by atoms with Gasteiger partial charge in [0, 0.05) is 6.42 Å². The second kappa shape index (κ2) is 11.1. The number of nitrogens with two attached hydrogens (primary N) is 1. The Morgan fingerprint density at radius 2 is 1.94 bits per heavy atom. The quantitative estimate of drug-likeness (QED) is 0.294. The van der Waals surface area contributed by atoms with Crippen molar-refractivity contribution < 1.29 is 23.1 Å². The maximum atomic E-state index is 13.1. The number of aliphatic hydroxyl groups is 1. The molecule has 4 rings (SSSR count). The van der Waals surface area contributed by atoms with Crippen LogP contribution < -0.4 is 10.5 Å². The molecule has 11 heteroatoms. The molecular weight excluding hydrogens is 522 g/mol. The molecule has 0 unspecified atom stereocenters. The minimum Gasteiger partial charge on any atom is -0.496 e. The molecule has 4 aromatic rings. The highest BCUT2D eigenvalue weighted by Crippen LogP contribution is 2.33. The number of hydrogen-bond acceptors (Lipinski definition) is 8. The van der Waals surface area contributed by atoms with E-state index in [9.17, 15) is 13.2 Å². The second-order valence-electron chi connectivity index (χ2n) is 8.35. The first-order valence-electron chi connectivity index (χ1n) is 11.2. The Kier molecular flexibility index (Phi) is 8.11. The minimum atomic E-state index is -3.66. The molecule has 0 bridgehead atoms. The number of Topliss-reactive ketones (excluding diaryl/α,β-unsaturated/α-hetero) is 1. The van der Waals surface area contributed by atoms with E-state index in [1.54, 1.807) is 16.8 Å². The Bertz CT molecular complexity index is 1500. The number of fused-ring (bicyclic) bond motifs is 1. The van der Waals surface area contributed by atoms with Crippen molar-refractivity contribution in [2.45, 2.75) is 35.4 Å². The Morgan fingerprint density at radius 3 is 2.64 bits per heavy atom. The molecule has 8 nitrogen and oxygen atoms in total. The van der Waals surface area contributed by atoms with E-state index in [0.717, 1.165) is 28.0 Å². The number of thiophene rings is 1. The number of carbonyl (C=O) groups excluding carboxylic acids is 1. The van der Waals surface area contributed by atoms with Gasteiger partial charge in [-0.1, -0.05) is 41.9 Å². The fourth-order valence-corrected chi connectivity index (χ4v) is 6.84. The first-order chi connectivity index (χ1) is 17.2. The van der Waals surface area contributed by atoms with Crippen molar-refractivity contribution in [2.24, 2.45) is 5.73 Å². The van der Waals surface area contributed by atoms with E-state index in [1.807, 2.05) is 36.4 Å². The van der Waals surface area contributed by atoms with Crippen LogP contribution in [0.5, 0.6) is 5.75 Å². The summed E-state index contributed by atoms with van der Waals surface area (Å²) < 4.78 is 34.0. The van der Waals surface area contributed by atoms with E-state index in [2.05, 4.69) is 5.10 Å². The van der Waals surface area contributed by atoms with Crippen LogP contribution in [0.2, 0.25) is 4.34 Å². The van der Waals surface area contributed by atoms with Crippen LogP contribution in [0, 0.1) is 0 Å². The predicted molar refractivity (Wildman–Crippen MR) is 140 cm³/mol. The van der Waals surface area contributed by atoms with Crippen molar-refractivity contribution in [3.63, 3.8) is 0 Å². The minimum absolute atomic E-state index is 0.188. The molecule has 2 heterocycles. The average molecular weight is 548 g/mol. The van der Waals surface area contributed by atoms with Gasteiger partial charge < -0.3 is 15.6 Å². The number of hydrogen-bond donors (Lipinski definition) is 2. The normalized spacial score (nSPS) is 12.7. The van der Waals surface area contributed by atoms with Crippen molar-refractivity contribution >= 4 is 49.5 Å². The number of ether oxygens (including phenoxy) is 1. The summed E-state index contributed by atoms with van der Waals surface area (Å²) in [4.78, 5) is 12.0. The number of carbonyl (C=O) groups is 1. The summed E-state index contributed by atoms with van der Waals surface area (Å²) in [7, 11) is -2.12. The van der Waals surface area contributed by atoms with Crippen LogP contribution in [-0.4, -0.2) is 48.8 Å². The molecule has 0 saturated carbocycles. The van der Waals surface area contributed by atoms with Crippen LogP contribution in [-0.2, 0) is 33.4 Å². The van der Waals surface area contributed by atoms with Gasteiger partial charge in [-0.15, -0.1) is 11.3 Å². The fourth-order valence-electron chi connectivity index (χ4n) is 3.99. The summed E-state index contributed by atoms with van der Waals surface area (Å²) >= 11 is 6.98. The van der Waals surface area contributed by atoms with Crippen LogP contribution in [0.25, 0.3) is 10.9 Å². The van der Waals surface area contributed by atoms with Crippen molar-refractivity contribution in [3.05, 3.63) is 75.8 Å². The third-order valence-corrected chi connectivity index (χ3v) is 9.25. The molecule has 0 fully saturated rings. The first kappa shape index (κ1) is 26.3. The highest BCUT2D eigenvalue weighted by atomic mass is 35.5. The van der Waals surface area contributed by atoms with E-state index in [-0.39, 0.29) is 28.8 Å². The van der Waals surface area contributed by atoms with E-state index >= 15 is 0 Å². The number of benzene rings is 2. The van der Waals surface area contributed by atoms with Crippen LogP contribution in [0.15, 0.2) is 58.8 Å².